The second kappa shape index (κ2) is 6.72. The van der Waals surface area contributed by atoms with Crippen molar-refractivity contribution < 1.29 is 14.6 Å². The molecule has 0 aliphatic carbocycles. The summed E-state index contributed by atoms with van der Waals surface area (Å²) in [6.45, 7) is 5.50. The predicted molar refractivity (Wildman–Crippen MR) is 90.1 cm³/mol. The van der Waals surface area contributed by atoms with Crippen LogP contribution in [0.2, 0.25) is 0 Å². The molecule has 1 aromatic heterocycles. The zero-order valence-corrected chi connectivity index (χ0v) is 13.9. The number of ether oxygens (including phenoxy) is 1. The van der Waals surface area contributed by atoms with E-state index < -0.39 is 5.97 Å². The Bertz CT molecular complexity index is 715. The van der Waals surface area contributed by atoms with Crippen molar-refractivity contribution in [3.8, 4) is 0 Å². The quantitative estimate of drug-likeness (QED) is 0.861. The molecule has 1 saturated heterocycles. The number of para-hydroxylation sites is 2. The minimum absolute atomic E-state index is 0.0323. The van der Waals surface area contributed by atoms with Crippen molar-refractivity contribution in [1.29, 1.82) is 0 Å². The number of carboxylic acids is 1. The number of hydrogen-bond acceptors (Lipinski definition) is 6. The summed E-state index contributed by atoms with van der Waals surface area (Å²) in [6.07, 6.45) is 0.202. The minimum Gasteiger partial charge on any atom is -0.481 e. The standard InChI is InChI=1S/C16H19N3O3S/c1-10-7-19(8-11(2)22-10)15-16(23-9-14(20)21)18-13-6-4-3-5-12(13)17-15/h3-6,10-11H,7-9H2,1-2H3,(H,20,21)/t10-,11-/m1/s1. The van der Waals surface area contributed by atoms with Crippen molar-refractivity contribution in [3.05, 3.63) is 24.3 Å². The van der Waals surface area contributed by atoms with Gasteiger partial charge in [0.1, 0.15) is 5.03 Å². The van der Waals surface area contributed by atoms with Gasteiger partial charge in [0, 0.05) is 13.1 Å². The fourth-order valence-electron chi connectivity index (χ4n) is 2.76. The van der Waals surface area contributed by atoms with Gasteiger partial charge in [-0.3, -0.25) is 4.79 Å². The molecule has 0 spiro atoms. The van der Waals surface area contributed by atoms with Crippen LogP contribution in [0.15, 0.2) is 29.3 Å². The van der Waals surface area contributed by atoms with E-state index in [1.54, 1.807) is 0 Å². The van der Waals surface area contributed by atoms with Crippen molar-refractivity contribution in [2.45, 2.75) is 31.1 Å². The first-order chi connectivity index (χ1) is 11.0. The topological polar surface area (TPSA) is 75.6 Å². The molecule has 2 aromatic rings. The number of benzene rings is 1. The zero-order chi connectivity index (χ0) is 16.4. The molecule has 1 fully saturated rings. The first kappa shape index (κ1) is 16.0. The molecular weight excluding hydrogens is 314 g/mol. The lowest BCUT2D eigenvalue weighted by Gasteiger charge is -2.36. The van der Waals surface area contributed by atoms with Crippen LogP contribution in [0.4, 0.5) is 5.82 Å². The molecule has 6 nitrogen and oxygen atoms in total. The summed E-state index contributed by atoms with van der Waals surface area (Å²) in [6, 6.07) is 7.64. The van der Waals surface area contributed by atoms with E-state index >= 15 is 0 Å². The van der Waals surface area contributed by atoms with Crippen molar-refractivity contribution >= 4 is 34.6 Å². The normalized spacial score (nSPS) is 21.6. The molecule has 1 aliphatic rings. The molecule has 2 heterocycles. The average molecular weight is 333 g/mol. The third-order valence-corrected chi connectivity index (χ3v) is 4.51. The first-order valence-electron chi connectivity index (χ1n) is 7.54. The Hall–Kier alpha value is -1.86. The highest BCUT2D eigenvalue weighted by atomic mass is 32.2. The van der Waals surface area contributed by atoms with E-state index in [0.717, 1.165) is 29.9 Å². The number of morpholine rings is 1. The lowest BCUT2D eigenvalue weighted by atomic mass is 10.2. The molecule has 2 atom stereocenters. The minimum atomic E-state index is -0.861. The number of nitrogens with zero attached hydrogens (tertiary/aromatic N) is 3. The van der Waals surface area contributed by atoms with Crippen molar-refractivity contribution in [2.24, 2.45) is 0 Å². The highest BCUT2D eigenvalue weighted by Crippen LogP contribution is 2.30. The third kappa shape index (κ3) is 3.73. The van der Waals surface area contributed by atoms with Gasteiger partial charge in [-0.25, -0.2) is 9.97 Å². The predicted octanol–water partition coefficient (Wildman–Crippen LogP) is 2.42. The van der Waals surface area contributed by atoms with Crippen LogP contribution < -0.4 is 4.90 Å². The molecule has 0 unspecified atom stereocenters. The molecule has 1 N–H and O–H groups in total. The number of aromatic nitrogens is 2. The number of hydrogen-bond donors (Lipinski definition) is 1. The molecule has 0 saturated carbocycles. The van der Waals surface area contributed by atoms with Gasteiger partial charge in [0.2, 0.25) is 0 Å². The van der Waals surface area contributed by atoms with Gasteiger partial charge in [0.25, 0.3) is 0 Å². The summed E-state index contributed by atoms with van der Waals surface area (Å²) in [5.41, 5.74) is 1.59. The number of carbonyl (C=O) groups is 1. The van der Waals surface area contributed by atoms with Crippen LogP contribution in [0.5, 0.6) is 0 Å². The first-order valence-corrected chi connectivity index (χ1v) is 8.53. The fourth-order valence-corrected chi connectivity index (χ4v) is 3.49. The van der Waals surface area contributed by atoms with Gasteiger partial charge in [0.15, 0.2) is 5.82 Å². The summed E-state index contributed by atoms with van der Waals surface area (Å²) in [5, 5.41) is 9.63. The molecule has 0 bridgehead atoms. The number of fused-ring (bicyclic) bond motifs is 1. The van der Waals surface area contributed by atoms with Gasteiger partial charge in [0.05, 0.1) is 29.0 Å². The molecule has 0 radical (unpaired) electrons. The van der Waals surface area contributed by atoms with E-state index in [-0.39, 0.29) is 18.0 Å². The third-order valence-electron chi connectivity index (χ3n) is 3.57. The van der Waals surface area contributed by atoms with Gasteiger partial charge in [-0.05, 0) is 26.0 Å². The van der Waals surface area contributed by atoms with E-state index in [0.29, 0.717) is 5.03 Å². The van der Waals surface area contributed by atoms with Crippen LogP contribution in [0.25, 0.3) is 11.0 Å². The van der Waals surface area contributed by atoms with Gasteiger partial charge in [-0.1, -0.05) is 23.9 Å². The molecule has 0 amide bonds. The maximum Gasteiger partial charge on any atom is 0.313 e. The maximum atomic E-state index is 10.9. The monoisotopic (exact) mass is 333 g/mol. The summed E-state index contributed by atoms with van der Waals surface area (Å²) in [5.74, 6) is -0.147. The molecule has 1 aromatic carbocycles. The zero-order valence-electron chi connectivity index (χ0n) is 13.1. The summed E-state index contributed by atoms with van der Waals surface area (Å²) in [4.78, 5) is 22.4. The Morgan fingerprint density at radius 2 is 1.87 bits per heavy atom. The summed E-state index contributed by atoms with van der Waals surface area (Å²) in [7, 11) is 0. The number of anilines is 1. The summed E-state index contributed by atoms with van der Waals surface area (Å²) >= 11 is 1.21. The lowest BCUT2D eigenvalue weighted by Crippen LogP contribution is -2.46. The van der Waals surface area contributed by atoms with Crippen LogP contribution in [0.3, 0.4) is 0 Å². The van der Waals surface area contributed by atoms with E-state index in [1.807, 2.05) is 38.1 Å². The highest BCUT2D eigenvalue weighted by molar-refractivity contribution is 8.00. The Morgan fingerprint density at radius 1 is 1.26 bits per heavy atom. The number of rotatable bonds is 4. The smallest absolute Gasteiger partial charge is 0.313 e. The number of thioether (sulfide) groups is 1. The van der Waals surface area contributed by atoms with Crippen molar-refractivity contribution in [1.82, 2.24) is 9.97 Å². The van der Waals surface area contributed by atoms with Crippen LogP contribution in [0.1, 0.15) is 13.8 Å². The van der Waals surface area contributed by atoms with Gasteiger partial charge >= 0.3 is 5.97 Å². The molecule has 3 rings (SSSR count). The molecular formula is C16H19N3O3S. The second-order valence-corrected chi connectivity index (χ2v) is 6.65. The van der Waals surface area contributed by atoms with E-state index in [2.05, 4.69) is 9.88 Å². The molecule has 7 heteroatoms. The van der Waals surface area contributed by atoms with Crippen LogP contribution >= 0.6 is 11.8 Å². The molecule has 122 valence electrons. The van der Waals surface area contributed by atoms with Crippen molar-refractivity contribution in [2.75, 3.05) is 23.7 Å². The maximum absolute atomic E-state index is 10.9. The second-order valence-electron chi connectivity index (χ2n) is 5.69. The van der Waals surface area contributed by atoms with Gasteiger partial charge < -0.3 is 14.7 Å². The SMILES string of the molecule is C[C@@H]1CN(c2nc3ccccc3nc2SCC(=O)O)C[C@@H](C)O1. The number of carboxylic acid groups (broad SMARTS) is 1. The van der Waals surface area contributed by atoms with E-state index in [9.17, 15) is 4.79 Å². The fraction of sp³-hybridized carbons (Fsp3) is 0.438. The van der Waals surface area contributed by atoms with E-state index in [4.69, 9.17) is 14.8 Å². The average Bonchev–Trinajstić information content (AvgIpc) is 2.51. The Balaban J connectivity index is 2.01. The van der Waals surface area contributed by atoms with Crippen LogP contribution in [-0.4, -0.2) is 52.1 Å². The Morgan fingerprint density at radius 3 is 2.48 bits per heavy atom. The van der Waals surface area contributed by atoms with Crippen molar-refractivity contribution in [3.63, 3.8) is 0 Å². The molecule has 23 heavy (non-hydrogen) atoms. The molecule has 1 aliphatic heterocycles. The highest BCUT2D eigenvalue weighted by Gasteiger charge is 2.26. The Kier molecular flexibility index (Phi) is 4.68. The van der Waals surface area contributed by atoms with Crippen LogP contribution in [-0.2, 0) is 9.53 Å². The van der Waals surface area contributed by atoms with E-state index in [1.165, 1.54) is 11.8 Å². The van der Waals surface area contributed by atoms with Crippen LogP contribution in [0, 0.1) is 0 Å². The van der Waals surface area contributed by atoms with Gasteiger partial charge in [-0.15, -0.1) is 0 Å². The lowest BCUT2D eigenvalue weighted by molar-refractivity contribution is -0.133. The van der Waals surface area contributed by atoms with Gasteiger partial charge in [-0.2, -0.15) is 0 Å². The Labute approximate surface area is 138 Å². The largest absolute Gasteiger partial charge is 0.481 e. The summed E-state index contributed by atoms with van der Waals surface area (Å²) < 4.78 is 5.77. The number of aliphatic carboxylic acids is 1.